The monoisotopic (exact) mass is 481 g/mol. The van der Waals surface area contributed by atoms with Gasteiger partial charge in [0, 0.05) is 15.7 Å². The molecule has 0 heterocycles. The number of aromatic hydroxyl groups is 1. The molecule has 0 aliphatic heterocycles. The van der Waals surface area contributed by atoms with Crippen molar-refractivity contribution in [2.75, 3.05) is 16.8 Å². The van der Waals surface area contributed by atoms with E-state index in [0.717, 1.165) is 29.7 Å². The highest BCUT2D eigenvalue weighted by Gasteiger charge is 2.26. The minimum atomic E-state index is -0.129. The van der Waals surface area contributed by atoms with Crippen molar-refractivity contribution in [3.05, 3.63) is 57.1 Å². The molecule has 0 radical (unpaired) electrons. The van der Waals surface area contributed by atoms with Gasteiger partial charge in [-0.15, -0.1) is 0 Å². The number of phenols is 1. The first-order valence-corrected chi connectivity index (χ1v) is 12.4. The summed E-state index contributed by atoms with van der Waals surface area (Å²) < 4.78 is 0. The van der Waals surface area contributed by atoms with E-state index in [-0.39, 0.29) is 16.7 Å². The van der Waals surface area contributed by atoms with Gasteiger partial charge in [-0.2, -0.15) is 11.8 Å². The lowest BCUT2D eigenvalue weighted by Gasteiger charge is -2.28. The maximum atomic E-state index is 12.2. The fourth-order valence-corrected chi connectivity index (χ4v) is 4.62. The fourth-order valence-electron chi connectivity index (χ4n) is 3.35. The van der Waals surface area contributed by atoms with Gasteiger partial charge in [-0.3, -0.25) is 4.79 Å². The van der Waals surface area contributed by atoms with Gasteiger partial charge < -0.3 is 10.4 Å². The quantitative estimate of drug-likeness (QED) is 0.400. The Morgan fingerprint density at radius 2 is 1.45 bits per heavy atom. The zero-order valence-corrected chi connectivity index (χ0v) is 21.6. The largest absolute Gasteiger partial charge is 0.507 e. The lowest BCUT2D eigenvalue weighted by atomic mass is 9.78. The summed E-state index contributed by atoms with van der Waals surface area (Å²) in [5, 5.41) is 14.7. The standard InChI is InChI=1S/C25H33Cl2NO2S/c1-24(2,3)20-10-16(11-21(23(20)30)25(4,5)6)8-7-9-31-15-22(29)28-19-13-17(26)12-18(27)14-19/h10-14,30H,7-9,15H2,1-6H3,(H,28,29). The van der Waals surface area contributed by atoms with Crippen LogP contribution in [0.1, 0.15) is 64.7 Å². The third kappa shape index (κ3) is 7.93. The van der Waals surface area contributed by atoms with Crippen LogP contribution in [0.5, 0.6) is 5.75 Å². The van der Waals surface area contributed by atoms with Gasteiger partial charge in [-0.1, -0.05) is 76.9 Å². The van der Waals surface area contributed by atoms with Crippen molar-refractivity contribution < 1.29 is 9.90 Å². The molecule has 2 N–H and O–H groups in total. The Hall–Kier alpha value is -1.36. The molecule has 2 aromatic rings. The first-order chi connectivity index (χ1) is 14.3. The normalized spacial score (nSPS) is 12.1. The van der Waals surface area contributed by atoms with E-state index in [1.807, 2.05) is 0 Å². The highest BCUT2D eigenvalue weighted by molar-refractivity contribution is 7.99. The summed E-state index contributed by atoms with van der Waals surface area (Å²) >= 11 is 13.5. The van der Waals surface area contributed by atoms with Crippen LogP contribution in [0.4, 0.5) is 5.69 Å². The highest BCUT2D eigenvalue weighted by Crippen LogP contribution is 2.40. The highest BCUT2D eigenvalue weighted by atomic mass is 35.5. The summed E-state index contributed by atoms with van der Waals surface area (Å²) in [4.78, 5) is 12.2. The van der Waals surface area contributed by atoms with Gasteiger partial charge in [0.2, 0.25) is 5.91 Å². The molecule has 6 heteroatoms. The van der Waals surface area contributed by atoms with Crippen LogP contribution >= 0.6 is 35.0 Å². The first kappa shape index (κ1) is 25.9. The summed E-state index contributed by atoms with van der Waals surface area (Å²) in [6, 6.07) is 9.25. The predicted octanol–water partition coefficient (Wildman–Crippen LogP) is 7.60. The molecule has 3 nitrogen and oxygen atoms in total. The third-order valence-electron chi connectivity index (χ3n) is 4.92. The van der Waals surface area contributed by atoms with Gasteiger partial charge in [-0.25, -0.2) is 0 Å². The molecule has 2 rings (SSSR count). The van der Waals surface area contributed by atoms with Crippen molar-refractivity contribution in [3.8, 4) is 5.75 Å². The minimum Gasteiger partial charge on any atom is -0.507 e. The lowest BCUT2D eigenvalue weighted by molar-refractivity contribution is -0.113. The van der Waals surface area contributed by atoms with E-state index in [4.69, 9.17) is 23.2 Å². The van der Waals surface area contributed by atoms with Crippen LogP contribution in [0.3, 0.4) is 0 Å². The van der Waals surface area contributed by atoms with E-state index < -0.39 is 0 Å². The van der Waals surface area contributed by atoms with Crippen molar-refractivity contribution >= 4 is 46.6 Å². The van der Waals surface area contributed by atoms with Crippen molar-refractivity contribution in [2.24, 2.45) is 0 Å². The Kier molecular flexibility index (Phi) is 8.77. The molecule has 0 spiro atoms. The Balaban J connectivity index is 1.92. The molecular weight excluding hydrogens is 449 g/mol. The van der Waals surface area contributed by atoms with E-state index in [0.29, 0.717) is 27.2 Å². The molecule has 0 fully saturated rings. The number of hydrogen-bond donors (Lipinski definition) is 2. The number of nitrogens with one attached hydrogen (secondary N) is 1. The number of anilines is 1. The average molecular weight is 483 g/mol. The summed E-state index contributed by atoms with van der Waals surface area (Å²) in [6.07, 6.45) is 1.86. The average Bonchev–Trinajstić information content (AvgIpc) is 2.59. The zero-order valence-electron chi connectivity index (χ0n) is 19.2. The molecule has 170 valence electrons. The predicted molar refractivity (Wildman–Crippen MR) is 136 cm³/mol. The van der Waals surface area contributed by atoms with Gasteiger partial charge in [0.05, 0.1) is 5.75 Å². The molecule has 0 aromatic heterocycles. The van der Waals surface area contributed by atoms with Crippen molar-refractivity contribution in [1.29, 1.82) is 0 Å². The van der Waals surface area contributed by atoms with Crippen LogP contribution in [0.25, 0.3) is 0 Å². The molecule has 0 atom stereocenters. The molecule has 0 unspecified atom stereocenters. The molecule has 1 amide bonds. The number of carbonyl (C=O) groups excluding carboxylic acids is 1. The molecule has 0 saturated carbocycles. The fraction of sp³-hybridized carbons (Fsp3) is 0.480. The van der Waals surface area contributed by atoms with E-state index in [9.17, 15) is 9.90 Å². The molecule has 0 bridgehead atoms. The van der Waals surface area contributed by atoms with Gasteiger partial charge in [-0.05, 0) is 64.3 Å². The molecule has 0 aliphatic rings. The topological polar surface area (TPSA) is 49.3 Å². The second kappa shape index (κ2) is 10.5. The van der Waals surface area contributed by atoms with Crippen LogP contribution in [0.15, 0.2) is 30.3 Å². The maximum Gasteiger partial charge on any atom is 0.234 e. The number of amides is 1. The number of phenolic OH excluding ortho intramolecular Hbond substituents is 1. The molecule has 31 heavy (non-hydrogen) atoms. The van der Waals surface area contributed by atoms with Crippen molar-refractivity contribution in [1.82, 2.24) is 0 Å². The minimum absolute atomic E-state index is 0.0713. The summed E-state index contributed by atoms with van der Waals surface area (Å²) in [6.45, 7) is 12.7. The molecule has 0 saturated heterocycles. The second-order valence-electron chi connectivity index (χ2n) is 9.90. The van der Waals surface area contributed by atoms with E-state index in [1.54, 1.807) is 30.0 Å². The van der Waals surface area contributed by atoms with Crippen LogP contribution in [-0.2, 0) is 22.0 Å². The molecule has 2 aromatic carbocycles. The zero-order chi connectivity index (χ0) is 23.4. The van der Waals surface area contributed by atoms with Gasteiger partial charge >= 0.3 is 0 Å². The smallest absolute Gasteiger partial charge is 0.234 e. The number of aryl methyl sites for hydroxylation is 1. The van der Waals surface area contributed by atoms with Gasteiger partial charge in [0.15, 0.2) is 0 Å². The number of carbonyl (C=O) groups is 1. The number of benzene rings is 2. The van der Waals surface area contributed by atoms with Gasteiger partial charge in [0.25, 0.3) is 0 Å². The van der Waals surface area contributed by atoms with Crippen molar-refractivity contribution in [3.63, 3.8) is 0 Å². The van der Waals surface area contributed by atoms with E-state index >= 15 is 0 Å². The van der Waals surface area contributed by atoms with Crippen LogP contribution in [0, 0.1) is 0 Å². The Bertz CT molecular complexity index is 875. The van der Waals surface area contributed by atoms with Crippen LogP contribution in [0.2, 0.25) is 10.0 Å². The van der Waals surface area contributed by atoms with Crippen molar-refractivity contribution in [2.45, 2.75) is 65.2 Å². The van der Waals surface area contributed by atoms with E-state index in [2.05, 4.69) is 59.0 Å². The number of hydrogen-bond acceptors (Lipinski definition) is 3. The Morgan fingerprint density at radius 3 is 1.94 bits per heavy atom. The molecular formula is C25H33Cl2NO2S. The lowest BCUT2D eigenvalue weighted by Crippen LogP contribution is -2.18. The second-order valence-corrected chi connectivity index (χ2v) is 11.9. The summed E-state index contributed by atoms with van der Waals surface area (Å²) in [5.74, 6) is 1.59. The maximum absolute atomic E-state index is 12.2. The van der Waals surface area contributed by atoms with Crippen LogP contribution < -0.4 is 5.32 Å². The number of halogens is 2. The summed E-state index contributed by atoms with van der Waals surface area (Å²) in [5.41, 5.74) is 3.55. The first-order valence-electron chi connectivity index (χ1n) is 10.5. The number of thioether (sulfide) groups is 1. The molecule has 0 aliphatic carbocycles. The Morgan fingerprint density at radius 1 is 0.935 bits per heavy atom. The van der Waals surface area contributed by atoms with Gasteiger partial charge in [0.1, 0.15) is 5.75 Å². The Labute approximate surface area is 200 Å². The summed E-state index contributed by atoms with van der Waals surface area (Å²) in [7, 11) is 0. The SMILES string of the molecule is CC(C)(C)c1cc(CCCSCC(=O)Nc2cc(Cl)cc(Cl)c2)cc(C(C)(C)C)c1O. The third-order valence-corrected chi connectivity index (χ3v) is 6.40. The van der Waals surface area contributed by atoms with E-state index in [1.165, 1.54) is 5.56 Å². The van der Waals surface area contributed by atoms with Crippen LogP contribution in [-0.4, -0.2) is 22.5 Å². The number of rotatable bonds is 7.